The minimum atomic E-state index is -0.286. The maximum Gasteiger partial charge on any atom is 0.307 e. The van der Waals surface area contributed by atoms with E-state index in [4.69, 9.17) is 4.74 Å². The molecule has 0 saturated heterocycles. The third-order valence-electron chi connectivity index (χ3n) is 2.31. The molecule has 0 aliphatic rings. The van der Waals surface area contributed by atoms with Crippen LogP contribution in [0.2, 0.25) is 0 Å². The van der Waals surface area contributed by atoms with E-state index in [1.807, 2.05) is 19.9 Å². The number of carbonyl (C=O) groups excluding carboxylic acids is 2. The summed E-state index contributed by atoms with van der Waals surface area (Å²) < 4.78 is 4.76. The van der Waals surface area contributed by atoms with Crippen LogP contribution in [0.25, 0.3) is 0 Å². The Labute approximate surface area is 105 Å². The highest BCUT2D eigenvalue weighted by molar-refractivity contribution is 7.14. The van der Waals surface area contributed by atoms with E-state index in [9.17, 15) is 9.59 Å². The lowest BCUT2D eigenvalue weighted by Crippen LogP contribution is -2.25. The van der Waals surface area contributed by atoms with E-state index in [1.54, 1.807) is 6.92 Å². The van der Waals surface area contributed by atoms with Gasteiger partial charge in [-0.25, -0.2) is 0 Å². The van der Waals surface area contributed by atoms with Crippen LogP contribution < -0.4 is 5.32 Å². The van der Waals surface area contributed by atoms with Crippen molar-refractivity contribution in [3.8, 4) is 0 Å². The van der Waals surface area contributed by atoms with Crippen LogP contribution in [-0.4, -0.2) is 25.0 Å². The van der Waals surface area contributed by atoms with Crippen LogP contribution in [0.3, 0.4) is 0 Å². The number of ether oxygens (including phenoxy) is 1. The van der Waals surface area contributed by atoms with Crippen LogP contribution in [0.15, 0.2) is 6.07 Å². The molecule has 0 atom stereocenters. The summed E-state index contributed by atoms with van der Waals surface area (Å²) in [5, 5.41) is 2.70. The molecule has 0 unspecified atom stereocenters. The zero-order valence-electron chi connectivity index (χ0n) is 10.3. The molecule has 0 aromatic carbocycles. The highest BCUT2D eigenvalue weighted by Crippen LogP contribution is 2.20. The van der Waals surface area contributed by atoms with Gasteiger partial charge < -0.3 is 10.1 Å². The summed E-state index contributed by atoms with van der Waals surface area (Å²) in [6.45, 7) is 6.40. The normalized spacial score (nSPS) is 10.1. The number of esters is 1. The molecule has 17 heavy (non-hydrogen) atoms. The molecule has 0 aliphatic heterocycles. The summed E-state index contributed by atoms with van der Waals surface area (Å²) in [4.78, 5) is 24.6. The van der Waals surface area contributed by atoms with E-state index in [2.05, 4.69) is 5.32 Å². The molecule has 94 valence electrons. The molecule has 0 saturated carbocycles. The third-order valence-corrected chi connectivity index (χ3v) is 3.46. The fourth-order valence-electron chi connectivity index (χ4n) is 1.28. The molecule has 5 heteroatoms. The van der Waals surface area contributed by atoms with Crippen molar-refractivity contribution < 1.29 is 14.3 Å². The molecule has 1 N–H and O–H groups in total. The average molecular weight is 255 g/mol. The van der Waals surface area contributed by atoms with Crippen molar-refractivity contribution in [3.63, 3.8) is 0 Å². The monoisotopic (exact) mass is 255 g/mol. The number of aryl methyl sites for hydroxylation is 2. The first kappa shape index (κ1) is 13.7. The number of thiophene rings is 1. The van der Waals surface area contributed by atoms with Crippen molar-refractivity contribution in [1.82, 2.24) is 5.32 Å². The zero-order chi connectivity index (χ0) is 12.8. The van der Waals surface area contributed by atoms with Crippen molar-refractivity contribution >= 4 is 23.2 Å². The number of rotatable bonds is 5. The van der Waals surface area contributed by atoms with Gasteiger partial charge in [-0.2, -0.15) is 0 Å². The molecule has 1 heterocycles. The van der Waals surface area contributed by atoms with Crippen LogP contribution >= 0.6 is 11.3 Å². The molecule has 0 fully saturated rings. The molecule has 0 radical (unpaired) electrons. The molecule has 0 bridgehead atoms. The lowest BCUT2D eigenvalue weighted by atomic mass is 10.3. The first-order valence-electron chi connectivity index (χ1n) is 5.55. The topological polar surface area (TPSA) is 55.4 Å². The maximum atomic E-state index is 11.7. The van der Waals surface area contributed by atoms with Crippen LogP contribution in [-0.2, 0) is 9.53 Å². The Balaban J connectivity index is 2.37. The minimum Gasteiger partial charge on any atom is -0.466 e. The molecule has 1 rings (SSSR count). The van der Waals surface area contributed by atoms with Gasteiger partial charge in [-0.1, -0.05) is 0 Å². The van der Waals surface area contributed by atoms with Gasteiger partial charge in [0.2, 0.25) is 0 Å². The molecule has 1 aromatic heterocycles. The van der Waals surface area contributed by atoms with E-state index >= 15 is 0 Å². The molecule has 4 nitrogen and oxygen atoms in total. The second-order valence-corrected chi connectivity index (χ2v) is 4.92. The predicted molar refractivity (Wildman–Crippen MR) is 67.4 cm³/mol. The third kappa shape index (κ3) is 4.19. The van der Waals surface area contributed by atoms with Gasteiger partial charge in [-0.05, 0) is 32.4 Å². The van der Waals surface area contributed by atoms with Crippen molar-refractivity contribution in [2.45, 2.75) is 27.2 Å². The number of carbonyl (C=O) groups is 2. The van der Waals surface area contributed by atoms with E-state index < -0.39 is 0 Å². The molecular formula is C12H17NO3S. The largest absolute Gasteiger partial charge is 0.466 e. The van der Waals surface area contributed by atoms with Crippen LogP contribution in [0.1, 0.15) is 33.5 Å². The standard InChI is InChI=1S/C12H17NO3S/c1-4-16-11(14)5-6-13-12(15)10-7-8(2)9(3)17-10/h7H,4-6H2,1-3H3,(H,13,15). The smallest absolute Gasteiger partial charge is 0.307 e. The molecule has 0 aliphatic carbocycles. The molecular weight excluding hydrogens is 238 g/mol. The summed E-state index contributed by atoms with van der Waals surface area (Å²) in [5.74, 6) is -0.415. The summed E-state index contributed by atoms with van der Waals surface area (Å²) >= 11 is 1.46. The predicted octanol–water partition coefficient (Wildman–Crippen LogP) is 2.05. The van der Waals surface area contributed by atoms with Gasteiger partial charge in [0, 0.05) is 11.4 Å². The lowest BCUT2D eigenvalue weighted by molar-refractivity contribution is -0.142. The molecule has 1 aromatic rings. The fraction of sp³-hybridized carbons (Fsp3) is 0.500. The van der Waals surface area contributed by atoms with E-state index in [1.165, 1.54) is 11.3 Å². The van der Waals surface area contributed by atoms with Gasteiger partial charge in [-0.15, -0.1) is 11.3 Å². The number of hydrogen-bond acceptors (Lipinski definition) is 4. The number of hydrogen-bond donors (Lipinski definition) is 1. The van der Waals surface area contributed by atoms with Gasteiger partial charge in [0.1, 0.15) is 0 Å². The molecule has 1 amide bonds. The first-order chi connectivity index (χ1) is 8.04. The van der Waals surface area contributed by atoms with Crippen LogP contribution in [0, 0.1) is 13.8 Å². The van der Waals surface area contributed by atoms with Crippen molar-refractivity contribution in [3.05, 3.63) is 21.4 Å². The molecule has 0 spiro atoms. The van der Waals surface area contributed by atoms with Gasteiger partial charge >= 0.3 is 5.97 Å². The van der Waals surface area contributed by atoms with Crippen molar-refractivity contribution in [1.29, 1.82) is 0 Å². The zero-order valence-corrected chi connectivity index (χ0v) is 11.1. The minimum absolute atomic E-state index is 0.129. The van der Waals surface area contributed by atoms with E-state index in [0.717, 1.165) is 10.4 Å². The number of nitrogens with one attached hydrogen (secondary N) is 1. The Morgan fingerprint density at radius 3 is 2.65 bits per heavy atom. The Bertz CT molecular complexity index is 392. The summed E-state index contributed by atoms with van der Waals surface area (Å²) in [6.07, 6.45) is 0.211. The summed E-state index contributed by atoms with van der Waals surface area (Å²) in [7, 11) is 0. The maximum absolute atomic E-state index is 11.7. The van der Waals surface area contributed by atoms with E-state index in [0.29, 0.717) is 18.0 Å². The van der Waals surface area contributed by atoms with Gasteiger partial charge in [0.05, 0.1) is 17.9 Å². The Kier molecular flexibility index (Phi) is 5.15. The van der Waals surface area contributed by atoms with Crippen LogP contribution in [0.5, 0.6) is 0 Å². The Hall–Kier alpha value is -1.36. The number of amides is 1. The second kappa shape index (κ2) is 6.39. The first-order valence-corrected chi connectivity index (χ1v) is 6.37. The SMILES string of the molecule is CCOC(=O)CCNC(=O)c1cc(C)c(C)s1. The van der Waals surface area contributed by atoms with Crippen molar-refractivity contribution in [2.75, 3.05) is 13.2 Å². The lowest BCUT2D eigenvalue weighted by Gasteiger charge is -2.03. The Morgan fingerprint density at radius 1 is 1.41 bits per heavy atom. The highest BCUT2D eigenvalue weighted by atomic mass is 32.1. The quantitative estimate of drug-likeness (QED) is 0.819. The summed E-state index contributed by atoms with van der Waals surface area (Å²) in [5.41, 5.74) is 1.12. The fourth-order valence-corrected chi connectivity index (χ4v) is 2.23. The average Bonchev–Trinajstić information content (AvgIpc) is 2.59. The second-order valence-electron chi connectivity index (χ2n) is 3.66. The van der Waals surface area contributed by atoms with Gasteiger partial charge in [-0.3, -0.25) is 9.59 Å². The van der Waals surface area contributed by atoms with Crippen molar-refractivity contribution in [2.24, 2.45) is 0 Å². The van der Waals surface area contributed by atoms with E-state index in [-0.39, 0.29) is 18.3 Å². The summed E-state index contributed by atoms with van der Waals surface area (Å²) in [6, 6.07) is 1.86. The van der Waals surface area contributed by atoms with Crippen LogP contribution in [0.4, 0.5) is 0 Å². The highest BCUT2D eigenvalue weighted by Gasteiger charge is 2.10. The van der Waals surface area contributed by atoms with Gasteiger partial charge in [0.25, 0.3) is 5.91 Å². The van der Waals surface area contributed by atoms with Gasteiger partial charge in [0.15, 0.2) is 0 Å². The Morgan fingerprint density at radius 2 is 2.12 bits per heavy atom.